The highest BCUT2D eigenvalue weighted by Crippen LogP contribution is 2.55. The number of hydrogen-bond acceptors (Lipinski definition) is 5. The zero-order valence-electron chi connectivity index (χ0n) is 17.3. The standard InChI is InChI=1S/C22H32N2O4/c1-13(23-17-8-18(26-2)20(28-4)19(9-17)27-3)21(25)24-22-10-14-5-15(11-22)7-16(6-14)12-22/h8-9,13-16,23H,5-7,10-12H2,1-4H3,(H,24,25)/t13-,14?,15?,16?,22?/m1/s1. The smallest absolute Gasteiger partial charge is 0.242 e. The molecule has 4 aliphatic rings. The number of rotatable bonds is 7. The summed E-state index contributed by atoms with van der Waals surface area (Å²) in [4.78, 5) is 13.0. The molecule has 0 aliphatic heterocycles. The third kappa shape index (κ3) is 3.49. The van der Waals surface area contributed by atoms with E-state index < -0.39 is 0 Å². The molecule has 1 aromatic rings. The van der Waals surface area contributed by atoms with Crippen LogP contribution in [0.25, 0.3) is 0 Å². The van der Waals surface area contributed by atoms with E-state index in [9.17, 15) is 4.79 Å². The Morgan fingerprint density at radius 3 is 1.89 bits per heavy atom. The van der Waals surface area contributed by atoms with Gasteiger partial charge in [-0.15, -0.1) is 0 Å². The topological polar surface area (TPSA) is 68.8 Å². The number of hydrogen-bond donors (Lipinski definition) is 2. The predicted octanol–water partition coefficient (Wildman–Crippen LogP) is 3.60. The van der Waals surface area contributed by atoms with E-state index in [0.717, 1.165) is 42.7 Å². The second kappa shape index (κ2) is 7.37. The summed E-state index contributed by atoms with van der Waals surface area (Å²) in [5, 5.41) is 6.73. The first kappa shape index (κ1) is 19.2. The van der Waals surface area contributed by atoms with Gasteiger partial charge in [-0.2, -0.15) is 0 Å². The maximum Gasteiger partial charge on any atom is 0.242 e. The number of nitrogens with one attached hydrogen (secondary N) is 2. The van der Waals surface area contributed by atoms with Crippen molar-refractivity contribution in [2.24, 2.45) is 17.8 Å². The van der Waals surface area contributed by atoms with Gasteiger partial charge in [0.05, 0.1) is 21.3 Å². The molecule has 0 heterocycles. The second-order valence-electron chi connectivity index (χ2n) is 8.97. The molecule has 0 spiro atoms. The SMILES string of the molecule is COc1cc(N[C@H](C)C(=O)NC23CC4CC(CC(C4)C2)C3)cc(OC)c1OC. The third-order valence-electron chi connectivity index (χ3n) is 6.87. The molecule has 1 atom stereocenters. The van der Waals surface area contributed by atoms with Gasteiger partial charge < -0.3 is 24.8 Å². The molecular formula is C22H32N2O4. The number of benzene rings is 1. The Morgan fingerprint density at radius 2 is 1.46 bits per heavy atom. The largest absolute Gasteiger partial charge is 0.493 e. The molecule has 1 aromatic carbocycles. The van der Waals surface area contributed by atoms with E-state index in [4.69, 9.17) is 14.2 Å². The molecular weight excluding hydrogens is 356 g/mol. The van der Waals surface area contributed by atoms with E-state index in [1.807, 2.05) is 19.1 Å². The van der Waals surface area contributed by atoms with Crippen LogP contribution < -0.4 is 24.8 Å². The molecule has 154 valence electrons. The van der Waals surface area contributed by atoms with Gasteiger partial charge in [0, 0.05) is 23.4 Å². The number of carbonyl (C=O) groups excluding carboxylic acids is 1. The summed E-state index contributed by atoms with van der Waals surface area (Å²) < 4.78 is 16.2. The van der Waals surface area contributed by atoms with E-state index in [-0.39, 0.29) is 17.5 Å². The molecule has 0 aromatic heterocycles. The Balaban J connectivity index is 1.45. The minimum absolute atomic E-state index is 0.0249. The van der Waals surface area contributed by atoms with Crippen LogP contribution in [0.1, 0.15) is 45.4 Å². The predicted molar refractivity (Wildman–Crippen MR) is 108 cm³/mol. The molecule has 4 aliphatic carbocycles. The highest BCUT2D eigenvalue weighted by Gasteiger charge is 2.51. The van der Waals surface area contributed by atoms with Crippen LogP contribution in [0.5, 0.6) is 17.2 Å². The zero-order chi connectivity index (χ0) is 19.9. The van der Waals surface area contributed by atoms with Gasteiger partial charge in [0.15, 0.2) is 11.5 Å². The van der Waals surface area contributed by atoms with Crippen molar-refractivity contribution in [3.05, 3.63) is 12.1 Å². The first-order chi connectivity index (χ1) is 13.4. The van der Waals surface area contributed by atoms with Gasteiger partial charge in [-0.3, -0.25) is 4.79 Å². The van der Waals surface area contributed by atoms with Crippen LogP contribution in [0.2, 0.25) is 0 Å². The molecule has 6 nitrogen and oxygen atoms in total. The number of anilines is 1. The first-order valence-electron chi connectivity index (χ1n) is 10.3. The molecule has 28 heavy (non-hydrogen) atoms. The van der Waals surface area contributed by atoms with Gasteiger partial charge in [-0.05, 0) is 63.2 Å². The second-order valence-corrected chi connectivity index (χ2v) is 8.97. The minimum Gasteiger partial charge on any atom is -0.493 e. The summed E-state index contributed by atoms with van der Waals surface area (Å²) in [6.07, 6.45) is 7.57. The van der Waals surface area contributed by atoms with E-state index in [2.05, 4.69) is 10.6 Å². The van der Waals surface area contributed by atoms with Crippen LogP contribution in [0.15, 0.2) is 12.1 Å². The van der Waals surface area contributed by atoms with Crippen molar-refractivity contribution in [3.8, 4) is 17.2 Å². The van der Waals surface area contributed by atoms with Crippen LogP contribution in [0.3, 0.4) is 0 Å². The summed E-state index contributed by atoms with van der Waals surface area (Å²) in [7, 11) is 4.75. The molecule has 0 unspecified atom stereocenters. The molecule has 0 radical (unpaired) electrons. The molecule has 0 saturated heterocycles. The molecule has 4 saturated carbocycles. The van der Waals surface area contributed by atoms with E-state index >= 15 is 0 Å². The fraction of sp³-hybridized carbons (Fsp3) is 0.682. The monoisotopic (exact) mass is 388 g/mol. The Hall–Kier alpha value is -2.11. The first-order valence-corrected chi connectivity index (χ1v) is 10.3. The number of carbonyl (C=O) groups is 1. The van der Waals surface area contributed by atoms with Crippen LogP contribution in [-0.4, -0.2) is 38.8 Å². The number of ether oxygens (including phenoxy) is 3. The van der Waals surface area contributed by atoms with Gasteiger partial charge in [0.2, 0.25) is 11.7 Å². The van der Waals surface area contributed by atoms with Crippen molar-refractivity contribution < 1.29 is 19.0 Å². The molecule has 6 heteroatoms. The van der Waals surface area contributed by atoms with Crippen LogP contribution in [0, 0.1) is 17.8 Å². The van der Waals surface area contributed by atoms with Crippen LogP contribution in [-0.2, 0) is 4.79 Å². The average molecular weight is 389 g/mol. The molecule has 2 N–H and O–H groups in total. The van der Waals surface area contributed by atoms with Crippen molar-refractivity contribution in [2.45, 2.75) is 57.0 Å². The van der Waals surface area contributed by atoms with Crippen molar-refractivity contribution in [3.63, 3.8) is 0 Å². The van der Waals surface area contributed by atoms with Crippen molar-refractivity contribution in [2.75, 3.05) is 26.6 Å². The summed E-state index contributed by atoms with van der Waals surface area (Å²) >= 11 is 0. The van der Waals surface area contributed by atoms with Gasteiger partial charge in [-0.1, -0.05) is 0 Å². The summed E-state index contributed by atoms with van der Waals surface area (Å²) in [5.41, 5.74) is 0.791. The van der Waals surface area contributed by atoms with Gasteiger partial charge >= 0.3 is 0 Å². The van der Waals surface area contributed by atoms with E-state index in [0.29, 0.717) is 17.2 Å². The summed E-state index contributed by atoms with van der Waals surface area (Å²) in [6, 6.07) is 3.31. The van der Waals surface area contributed by atoms with Crippen molar-refractivity contribution in [1.82, 2.24) is 5.32 Å². The van der Waals surface area contributed by atoms with Gasteiger partial charge in [0.25, 0.3) is 0 Å². The fourth-order valence-electron chi connectivity index (χ4n) is 6.11. The highest BCUT2D eigenvalue weighted by molar-refractivity contribution is 5.85. The zero-order valence-corrected chi connectivity index (χ0v) is 17.3. The van der Waals surface area contributed by atoms with Crippen molar-refractivity contribution >= 4 is 11.6 Å². The summed E-state index contributed by atoms with van der Waals surface area (Å²) in [5.74, 6) is 4.17. The lowest BCUT2D eigenvalue weighted by molar-refractivity contribution is -0.127. The average Bonchev–Trinajstić information content (AvgIpc) is 2.65. The maximum absolute atomic E-state index is 13.0. The van der Waals surface area contributed by atoms with E-state index in [1.54, 1.807) is 21.3 Å². The van der Waals surface area contributed by atoms with Crippen molar-refractivity contribution in [1.29, 1.82) is 0 Å². The number of amides is 1. The quantitative estimate of drug-likeness (QED) is 0.747. The van der Waals surface area contributed by atoms with E-state index in [1.165, 1.54) is 19.3 Å². The normalized spacial score (nSPS) is 31.2. The van der Waals surface area contributed by atoms with Gasteiger partial charge in [-0.25, -0.2) is 0 Å². The summed E-state index contributed by atoms with van der Waals surface area (Å²) in [6.45, 7) is 1.90. The highest BCUT2D eigenvalue weighted by atomic mass is 16.5. The Kier molecular flexibility index (Phi) is 5.06. The molecule has 4 fully saturated rings. The maximum atomic E-state index is 13.0. The molecule has 5 rings (SSSR count). The van der Waals surface area contributed by atoms with Gasteiger partial charge in [0.1, 0.15) is 6.04 Å². The lowest BCUT2D eigenvalue weighted by Gasteiger charge is -2.57. The Bertz CT molecular complexity index is 688. The Morgan fingerprint density at radius 1 is 0.964 bits per heavy atom. The lowest BCUT2D eigenvalue weighted by atomic mass is 9.53. The minimum atomic E-state index is -0.351. The van der Waals surface area contributed by atoms with Crippen LogP contribution in [0.4, 0.5) is 5.69 Å². The third-order valence-corrected chi connectivity index (χ3v) is 6.87. The van der Waals surface area contributed by atoms with Crippen LogP contribution >= 0.6 is 0 Å². The molecule has 4 bridgehead atoms. The molecule has 1 amide bonds. The Labute approximate surface area is 167 Å². The lowest BCUT2D eigenvalue weighted by Crippen LogP contribution is -2.61. The fourth-order valence-corrected chi connectivity index (χ4v) is 6.11. The number of methoxy groups -OCH3 is 3.